The maximum atomic E-state index is 14.0. The molecule has 3 aromatic heterocycles. The van der Waals surface area contributed by atoms with Gasteiger partial charge in [-0.15, -0.1) is 0 Å². The number of aromatic amines is 1. The van der Waals surface area contributed by atoms with E-state index in [1.165, 1.54) is 29.2 Å². The molecule has 0 aliphatic carbocycles. The van der Waals surface area contributed by atoms with Crippen LogP contribution in [0.3, 0.4) is 0 Å². The first-order chi connectivity index (χ1) is 20.6. The number of H-pyrrole nitrogens is 1. The monoisotopic (exact) mass is 585 g/mol. The zero-order valence-corrected chi connectivity index (χ0v) is 23.8. The van der Waals surface area contributed by atoms with E-state index in [9.17, 15) is 18.4 Å². The first-order valence-corrected chi connectivity index (χ1v) is 13.7. The van der Waals surface area contributed by atoms with Crippen molar-refractivity contribution in [2.45, 2.75) is 19.8 Å². The number of ether oxygens (including phenoxy) is 1. The number of para-hydroxylation sites is 1. The number of aryl methyl sites for hydroxylation is 2. The Bertz CT molecular complexity index is 1880. The largest absolute Gasteiger partial charge is 0.433 e. The van der Waals surface area contributed by atoms with E-state index in [-0.39, 0.29) is 35.5 Å². The van der Waals surface area contributed by atoms with Gasteiger partial charge < -0.3 is 25.3 Å². The standard InChI is InChI=1S/C31H29F2N7O3/c1-17-12-26(43-30-21(32)7-4-8-22(30)33)35-15-25(17)40-31(34)20(14-36-40)29(42)24-13-19-23(37-24)10-9-18-6-5-11-39(28(18)19)16-27(41)38(2)3/h4,7-10,12-15,37H,5-6,11,16,34H2,1-3H3. The zero-order valence-electron chi connectivity index (χ0n) is 23.8. The van der Waals surface area contributed by atoms with Crippen LogP contribution >= 0.6 is 0 Å². The number of aromatic nitrogens is 4. The molecule has 0 radical (unpaired) electrons. The maximum absolute atomic E-state index is 14.0. The number of fused-ring (bicyclic) bond motifs is 3. The molecule has 1 aliphatic rings. The highest BCUT2D eigenvalue weighted by molar-refractivity contribution is 6.13. The predicted octanol–water partition coefficient (Wildman–Crippen LogP) is 4.78. The third-order valence-electron chi connectivity index (χ3n) is 7.58. The molecule has 43 heavy (non-hydrogen) atoms. The fourth-order valence-electron chi connectivity index (χ4n) is 5.32. The van der Waals surface area contributed by atoms with Gasteiger partial charge in [-0.3, -0.25) is 9.59 Å². The molecule has 0 fully saturated rings. The minimum atomic E-state index is -0.852. The number of carbonyl (C=O) groups is 2. The fourth-order valence-corrected chi connectivity index (χ4v) is 5.32. The number of halogens is 2. The number of nitrogens with one attached hydrogen (secondary N) is 1. The number of hydrogen-bond donors (Lipinski definition) is 2. The molecule has 220 valence electrons. The number of amides is 1. The molecule has 0 unspecified atom stereocenters. The van der Waals surface area contributed by atoms with Crippen LogP contribution in [0.1, 0.15) is 33.6 Å². The van der Waals surface area contributed by atoms with Gasteiger partial charge in [0.2, 0.25) is 23.3 Å². The second-order valence-corrected chi connectivity index (χ2v) is 10.7. The summed E-state index contributed by atoms with van der Waals surface area (Å²) in [6, 6.07) is 10.7. The first kappa shape index (κ1) is 27.9. The van der Waals surface area contributed by atoms with E-state index in [1.54, 1.807) is 32.0 Å². The van der Waals surface area contributed by atoms with E-state index < -0.39 is 17.4 Å². The van der Waals surface area contributed by atoms with Gasteiger partial charge in [-0.1, -0.05) is 12.1 Å². The highest BCUT2D eigenvalue weighted by atomic mass is 19.1. The molecule has 0 saturated carbocycles. The van der Waals surface area contributed by atoms with Crippen LogP contribution in [0.25, 0.3) is 16.6 Å². The van der Waals surface area contributed by atoms with Gasteiger partial charge in [0.1, 0.15) is 5.82 Å². The molecule has 1 amide bonds. The Hall–Kier alpha value is -5.26. The van der Waals surface area contributed by atoms with E-state index in [0.717, 1.165) is 53.7 Å². The molecule has 0 saturated heterocycles. The van der Waals surface area contributed by atoms with E-state index in [2.05, 4.69) is 20.0 Å². The van der Waals surface area contributed by atoms with Crippen molar-refractivity contribution >= 4 is 34.1 Å². The number of carbonyl (C=O) groups excluding carboxylic acids is 2. The molecule has 5 aromatic rings. The summed E-state index contributed by atoms with van der Waals surface area (Å²) >= 11 is 0. The van der Waals surface area contributed by atoms with E-state index in [1.807, 2.05) is 12.1 Å². The Morgan fingerprint density at radius 3 is 2.60 bits per heavy atom. The Labute approximate surface area is 245 Å². The van der Waals surface area contributed by atoms with Crippen LogP contribution < -0.4 is 15.4 Å². The highest BCUT2D eigenvalue weighted by Gasteiger charge is 2.26. The van der Waals surface area contributed by atoms with Crippen molar-refractivity contribution in [2.75, 3.05) is 37.8 Å². The van der Waals surface area contributed by atoms with Gasteiger partial charge in [0.25, 0.3) is 0 Å². The molecule has 3 N–H and O–H groups in total. The number of hydrogen-bond acceptors (Lipinski definition) is 7. The molecular formula is C31H29F2N7O3. The summed E-state index contributed by atoms with van der Waals surface area (Å²) in [7, 11) is 3.47. The lowest BCUT2D eigenvalue weighted by Gasteiger charge is -2.32. The number of ketones is 1. The first-order valence-electron chi connectivity index (χ1n) is 13.7. The predicted molar refractivity (Wildman–Crippen MR) is 158 cm³/mol. The summed E-state index contributed by atoms with van der Waals surface area (Å²) in [5.41, 5.74) is 10.9. The van der Waals surface area contributed by atoms with Crippen LogP contribution in [0.2, 0.25) is 0 Å². The minimum absolute atomic E-state index is 0.000600. The molecule has 0 atom stereocenters. The van der Waals surface area contributed by atoms with Crippen LogP contribution in [0, 0.1) is 18.6 Å². The van der Waals surface area contributed by atoms with Crippen molar-refractivity contribution in [3.05, 3.63) is 88.9 Å². The second-order valence-electron chi connectivity index (χ2n) is 10.7. The number of pyridine rings is 1. The van der Waals surface area contributed by atoms with Gasteiger partial charge in [-0.25, -0.2) is 18.4 Å². The second kappa shape index (κ2) is 10.9. The SMILES string of the molecule is Cc1cc(Oc2c(F)cccc2F)ncc1-n1ncc(C(=O)c2cc3c4c(ccc3[nH]2)CCCN4CC(=O)N(C)C)c1N. The van der Waals surface area contributed by atoms with E-state index >= 15 is 0 Å². The lowest BCUT2D eigenvalue weighted by atomic mass is 9.98. The number of nitrogens with two attached hydrogens (primary N) is 1. The summed E-state index contributed by atoms with van der Waals surface area (Å²) < 4.78 is 34.8. The maximum Gasteiger partial charge on any atom is 0.241 e. The molecule has 10 nitrogen and oxygen atoms in total. The van der Waals surface area contributed by atoms with Crippen molar-refractivity contribution in [3.8, 4) is 17.3 Å². The Kier molecular flexibility index (Phi) is 7.04. The van der Waals surface area contributed by atoms with Gasteiger partial charge in [0, 0.05) is 43.3 Å². The summed E-state index contributed by atoms with van der Waals surface area (Å²) in [5, 5.41) is 5.19. The minimum Gasteiger partial charge on any atom is -0.433 e. The highest BCUT2D eigenvalue weighted by Crippen LogP contribution is 2.36. The van der Waals surface area contributed by atoms with Crippen LogP contribution in [0.15, 0.2) is 54.9 Å². The molecular weight excluding hydrogens is 556 g/mol. The van der Waals surface area contributed by atoms with Crippen molar-refractivity contribution in [1.29, 1.82) is 0 Å². The van der Waals surface area contributed by atoms with Crippen molar-refractivity contribution in [1.82, 2.24) is 24.6 Å². The Morgan fingerprint density at radius 1 is 1.12 bits per heavy atom. The summed E-state index contributed by atoms with van der Waals surface area (Å²) in [5.74, 6) is -2.52. The quantitative estimate of drug-likeness (QED) is 0.264. The molecule has 0 bridgehead atoms. The third kappa shape index (κ3) is 5.05. The molecule has 0 spiro atoms. The number of anilines is 2. The van der Waals surface area contributed by atoms with Crippen LogP contribution in [0.5, 0.6) is 11.6 Å². The number of benzene rings is 2. The molecule has 6 rings (SSSR count). The summed E-state index contributed by atoms with van der Waals surface area (Å²) in [6.07, 6.45) is 4.62. The summed E-state index contributed by atoms with van der Waals surface area (Å²) in [6.45, 7) is 2.73. The van der Waals surface area contributed by atoms with Gasteiger partial charge in [0.15, 0.2) is 11.6 Å². The lowest BCUT2D eigenvalue weighted by Crippen LogP contribution is -2.39. The van der Waals surface area contributed by atoms with Gasteiger partial charge >= 0.3 is 0 Å². The number of rotatable bonds is 7. The lowest BCUT2D eigenvalue weighted by molar-refractivity contribution is -0.127. The molecule has 2 aromatic carbocycles. The van der Waals surface area contributed by atoms with Crippen molar-refractivity contribution in [3.63, 3.8) is 0 Å². The zero-order chi connectivity index (χ0) is 30.4. The smallest absolute Gasteiger partial charge is 0.241 e. The average molecular weight is 586 g/mol. The van der Waals surface area contributed by atoms with Crippen molar-refractivity contribution < 1.29 is 23.1 Å². The molecule has 12 heteroatoms. The van der Waals surface area contributed by atoms with Crippen LogP contribution in [-0.4, -0.2) is 63.5 Å². The van der Waals surface area contributed by atoms with Gasteiger partial charge in [0.05, 0.1) is 35.9 Å². The number of nitrogen functional groups attached to an aromatic ring is 1. The van der Waals surface area contributed by atoms with Crippen LogP contribution in [-0.2, 0) is 11.2 Å². The van der Waals surface area contributed by atoms with Crippen molar-refractivity contribution in [2.24, 2.45) is 0 Å². The number of likely N-dealkylation sites (N-methyl/N-ethyl adjacent to an activating group) is 1. The van der Waals surface area contributed by atoms with Gasteiger partial charge in [-0.2, -0.15) is 5.10 Å². The van der Waals surface area contributed by atoms with E-state index in [0.29, 0.717) is 16.9 Å². The summed E-state index contributed by atoms with van der Waals surface area (Å²) in [4.78, 5) is 37.2. The topological polar surface area (TPSA) is 122 Å². The van der Waals surface area contributed by atoms with Gasteiger partial charge in [-0.05, 0) is 55.2 Å². The average Bonchev–Trinajstić information content (AvgIpc) is 3.58. The van der Waals surface area contributed by atoms with E-state index in [4.69, 9.17) is 10.5 Å². The Balaban J connectivity index is 1.29. The van der Waals surface area contributed by atoms with Crippen LogP contribution in [0.4, 0.5) is 20.3 Å². The third-order valence-corrected chi connectivity index (χ3v) is 7.58. The normalized spacial score (nSPS) is 12.8. The number of nitrogens with zero attached hydrogens (tertiary/aromatic N) is 5. The molecule has 4 heterocycles. The Morgan fingerprint density at radius 2 is 1.88 bits per heavy atom. The fraction of sp³-hybridized carbons (Fsp3) is 0.226. The molecule has 1 aliphatic heterocycles.